The third-order valence-electron chi connectivity index (χ3n) is 13.0. The third kappa shape index (κ3) is 8.55. The predicted molar refractivity (Wildman–Crippen MR) is 282 cm³/mol. The minimum atomic E-state index is -1.40. The summed E-state index contributed by atoms with van der Waals surface area (Å²) >= 11 is 0. The number of nitrogens with one attached hydrogen (secondary N) is 2. The number of rotatable bonds is 12. The predicted octanol–water partition coefficient (Wildman–Crippen LogP) is 10.7. The van der Waals surface area contributed by atoms with Crippen LogP contribution in [0.25, 0.3) is 77.3 Å². The van der Waals surface area contributed by atoms with Crippen LogP contribution in [0.2, 0.25) is 0 Å². The average molecular weight is 988 g/mol. The van der Waals surface area contributed by atoms with Gasteiger partial charge in [0.2, 0.25) is 0 Å². The monoisotopic (exact) mass is 987 g/mol. The highest BCUT2D eigenvalue weighted by Gasteiger charge is 2.28. The molecule has 16 nitrogen and oxygen atoms in total. The number of nitrogens with zero attached hydrogens (tertiary/aromatic N) is 2. The molecule has 6 N–H and O–H groups in total. The summed E-state index contributed by atoms with van der Waals surface area (Å²) in [6, 6.07) is 36.4. The van der Waals surface area contributed by atoms with Crippen molar-refractivity contribution in [3.8, 4) is 39.3 Å². The number of aromatic hydroxyl groups is 1. The van der Waals surface area contributed by atoms with E-state index in [-0.39, 0.29) is 62.6 Å². The Labute approximate surface area is 419 Å². The van der Waals surface area contributed by atoms with Crippen LogP contribution in [0, 0.1) is 0 Å². The van der Waals surface area contributed by atoms with Gasteiger partial charge in [0.15, 0.2) is 5.43 Å². The molecule has 1 aliphatic carbocycles. The van der Waals surface area contributed by atoms with Crippen LogP contribution in [-0.2, 0) is 6.54 Å². The number of phenols is 1. The van der Waals surface area contributed by atoms with Crippen LogP contribution in [0.1, 0.15) is 57.4 Å². The van der Waals surface area contributed by atoms with Gasteiger partial charge in [0, 0.05) is 89.9 Å². The summed E-state index contributed by atoms with van der Waals surface area (Å²) in [6.45, 7) is -0.333. The first-order chi connectivity index (χ1) is 35.4. The molecular formula is C58H43N4O12+. The minimum Gasteiger partial charge on any atom is -0.508 e. The summed E-state index contributed by atoms with van der Waals surface area (Å²) in [5.41, 5.74) is 4.23. The third-order valence-corrected chi connectivity index (χ3v) is 13.0. The minimum absolute atomic E-state index is 0.00587. The molecule has 2 heterocycles. The number of aromatic carboxylic acids is 3. The average Bonchev–Trinajstić information content (AvgIpc) is 3.38. The molecule has 0 saturated carbocycles. The normalized spacial score (nSPS) is 11.3. The number of fused-ring (bicyclic) bond motifs is 5. The number of carboxylic acid groups (broad SMARTS) is 3. The first-order valence-corrected chi connectivity index (χ1v) is 23.0. The van der Waals surface area contributed by atoms with E-state index in [1.165, 1.54) is 54.6 Å². The second-order valence-electron chi connectivity index (χ2n) is 18.0. The molecule has 8 aromatic rings. The van der Waals surface area contributed by atoms with E-state index in [4.69, 9.17) is 8.83 Å². The van der Waals surface area contributed by atoms with Crippen molar-refractivity contribution in [3.05, 3.63) is 183 Å². The van der Waals surface area contributed by atoms with Crippen molar-refractivity contribution in [2.45, 2.75) is 6.54 Å². The Morgan fingerprint density at radius 1 is 0.554 bits per heavy atom. The molecule has 1 aliphatic heterocycles. The fourth-order valence-corrected chi connectivity index (χ4v) is 9.30. The maximum Gasteiger partial charge on any atom is 0.363 e. The van der Waals surface area contributed by atoms with Crippen LogP contribution in [0.15, 0.2) is 153 Å². The van der Waals surface area contributed by atoms with E-state index >= 15 is 0 Å². The Balaban J connectivity index is 0.957. The molecule has 0 unspecified atom stereocenters. The topological polar surface area (TPSA) is 238 Å². The Bertz CT molecular complexity index is 4020. The van der Waals surface area contributed by atoms with E-state index in [1.54, 1.807) is 42.5 Å². The van der Waals surface area contributed by atoms with E-state index < -0.39 is 35.2 Å². The molecule has 1 aromatic heterocycles. The van der Waals surface area contributed by atoms with Crippen molar-refractivity contribution >= 4 is 90.5 Å². The van der Waals surface area contributed by atoms with Crippen molar-refractivity contribution in [2.24, 2.45) is 0 Å². The Morgan fingerprint density at radius 2 is 1.18 bits per heavy atom. The van der Waals surface area contributed by atoms with Crippen molar-refractivity contribution in [2.75, 3.05) is 43.3 Å². The molecule has 74 heavy (non-hydrogen) atoms. The molecule has 0 fully saturated rings. The highest BCUT2D eigenvalue weighted by molar-refractivity contribution is 6.16. The number of benzene rings is 8. The summed E-state index contributed by atoms with van der Waals surface area (Å²) in [7, 11) is 7.63. The van der Waals surface area contributed by atoms with E-state index in [1.807, 2.05) is 74.4 Å². The van der Waals surface area contributed by atoms with Crippen molar-refractivity contribution < 1.29 is 53.2 Å². The Hall–Kier alpha value is -10.1. The molecule has 0 saturated heterocycles. The zero-order chi connectivity index (χ0) is 52.3. The number of carboxylic acids is 3. The van der Waals surface area contributed by atoms with E-state index in [9.17, 15) is 49.2 Å². The van der Waals surface area contributed by atoms with Crippen molar-refractivity contribution in [1.29, 1.82) is 0 Å². The van der Waals surface area contributed by atoms with Gasteiger partial charge in [0.05, 0.1) is 51.7 Å². The van der Waals surface area contributed by atoms with Gasteiger partial charge < -0.3 is 45.3 Å². The van der Waals surface area contributed by atoms with Gasteiger partial charge in [-0.2, -0.15) is 0 Å². The number of hydrogen-bond donors (Lipinski definition) is 6. The highest BCUT2D eigenvalue weighted by atomic mass is 16.4. The lowest BCUT2D eigenvalue weighted by molar-refractivity contribution is 0.0682. The lowest BCUT2D eigenvalue weighted by Gasteiger charge is -2.19. The number of amides is 2. The Kier molecular flexibility index (Phi) is 11.9. The number of carbonyl (C=O) groups excluding carboxylic acids is 2. The van der Waals surface area contributed by atoms with E-state index in [0.29, 0.717) is 66.0 Å². The molecule has 0 atom stereocenters. The van der Waals surface area contributed by atoms with Crippen LogP contribution in [0.3, 0.4) is 0 Å². The fraction of sp³-hybridized carbons (Fsp3) is 0.0862. The lowest BCUT2D eigenvalue weighted by atomic mass is 9.88. The zero-order valence-electron chi connectivity index (χ0n) is 39.9. The largest absolute Gasteiger partial charge is 0.508 e. The van der Waals surface area contributed by atoms with Gasteiger partial charge in [-0.3, -0.25) is 14.4 Å². The number of hydrogen-bond acceptors (Lipinski definition) is 10. The van der Waals surface area contributed by atoms with Gasteiger partial charge >= 0.3 is 29.1 Å². The van der Waals surface area contributed by atoms with Gasteiger partial charge in [0.25, 0.3) is 11.8 Å². The number of carbonyl (C=O) groups is 5. The first-order valence-electron chi connectivity index (χ1n) is 23.0. The van der Waals surface area contributed by atoms with Crippen LogP contribution < -0.4 is 25.9 Å². The standard InChI is InChI=1S/C58H42N4O12/c1-61(2)33-11-17-39-48(25-33)73-49-26-34(62(3)4)12-18-40(49)52(39)43-23-31(9-16-38(43)57(69)70)55(66)60-46-7-5-6-29-22-30(8-14-36(29)46)54(65)59-28-45-47(64)21-20-42-51(41-19-13-35(63)27-50(41)74-53(42)45)37-15-10-32(56(67)68)24-44(37)58(71)72/h5-27H,28H2,1-4H3,(H5-,59,60,63,64,65,66,67,68,69,70,71,72)/p+1. The second kappa shape index (κ2) is 18.6. The molecule has 0 bridgehead atoms. The van der Waals surface area contributed by atoms with E-state index in [0.717, 1.165) is 17.4 Å². The fourth-order valence-electron chi connectivity index (χ4n) is 9.30. The first kappa shape index (κ1) is 47.6. The molecular weight excluding hydrogens is 945 g/mol. The highest BCUT2D eigenvalue weighted by Crippen LogP contribution is 2.44. The smallest absolute Gasteiger partial charge is 0.363 e. The molecule has 366 valence electrons. The molecule has 7 aromatic carbocycles. The number of anilines is 3. The lowest BCUT2D eigenvalue weighted by Crippen LogP contribution is -2.26. The Morgan fingerprint density at radius 3 is 1.84 bits per heavy atom. The van der Waals surface area contributed by atoms with Gasteiger partial charge in [-0.25, -0.2) is 18.8 Å². The van der Waals surface area contributed by atoms with Gasteiger partial charge in [-0.1, -0.05) is 24.3 Å². The SMILES string of the molecule is CN(C)c1ccc2c(-c3cc(C(=O)Nc4cccc5cc(C(=O)NCc6c7oc8cc(O)ccc8c(-c8ccc(C(=O)O)cc8C(=O)O)c-7ccc6=O)ccc45)ccc3C(=O)O)c3ccc(N(C)C)cc3[o+]c2c1. The van der Waals surface area contributed by atoms with Crippen LogP contribution in [0.4, 0.5) is 17.1 Å². The van der Waals surface area contributed by atoms with Crippen LogP contribution in [0.5, 0.6) is 5.75 Å². The van der Waals surface area contributed by atoms with Gasteiger partial charge in [0.1, 0.15) is 17.1 Å². The molecule has 2 aliphatic rings. The zero-order valence-corrected chi connectivity index (χ0v) is 39.9. The maximum atomic E-state index is 14.2. The summed E-state index contributed by atoms with van der Waals surface area (Å²) < 4.78 is 12.7. The summed E-state index contributed by atoms with van der Waals surface area (Å²) in [4.78, 5) is 82.7. The molecule has 0 radical (unpaired) electrons. The number of phenolic OH excluding ortho intramolecular Hbond substituents is 1. The summed E-state index contributed by atoms with van der Waals surface area (Å²) in [6.07, 6.45) is 0. The van der Waals surface area contributed by atoms with Gasteiger partial charge in [-0.05, 0) is 114 Å². The van der Waals surface area contributed by atoms with Crippen molar-refractivity contribution in [1.82, 2.24) is 5.32 Å². The van der Waals surface area contributed by atoms with Crippen LogP contribution in [-0.4, -0.2) is 78.3 Å². The van der Waals surface area contributed by atoms with Gasteiger partial charge in [-0.15, -0.1) is 0 Å². The summed E-state index contributed by atoms with van der Waals surface area (Å²) in [5, 5.41) is 49.3. The van der Waals surface area contributed by atoms with E-state index in [2.05, 4.69) is 10.6 Å². The van der Waals surface area contributed by atoms with Crippen molar-refractivity contribution in [3.63, 3.8) is 0 Å². The molecule has 0 spiro atoms. The maximum absolute atomic E-state index is 14.2. The summed E-state index contributed by atoms with van der Waals surface area (Å²) in [5.74, 6) is -5.16. The molecule has 2 amide bonds. The quantitative estimate of drug-likeness (QED) is 0.0493. The second-order valence-corrected chi connectivity index (χ2v) is 18.0. The molecule has 10 rings (SSSR count). The van der Waals surface area contributed by atoms with Crippen LogP contribution >= 0.6 is 0 Å². The molecule has 16 heteroatoms.